The van der Waals surface area contributed by atoms with Crippen LogP contribution in [0.25, 0.3) is 0 Å². The van der Waals surface area contributed by atoms with Gasteiger partial charge in [0.05, 0.1) is 4.90 Å². The summed E-state index contributed by atoms with van der Waals surface area (Å²) in [5.41, 5.74) is 0.0605. The van der Waals surface area contributed by atoms with E-state index in [-0.39, 0.29) is 16.5 Å². The van der Waals surface area contributed by atoms with Crippen LogP contribution in [0.4, 0.5) is 4.39 Å². The lowest BCUT2D eigenvalue weighted by Crippen LogP contribution is -2.42. The number of piperidine rings is 1. The van der Waals surface area contributed by atoms with Gasteiger partial charge >= 0.3 is 5.97 Å². The minimum Gasteiger partial charge on any atom is -0.480 e. The average molecular weight is 372 g/mol. The highest BCUT2D eigenvalue weighted by atomic mass is 32.2. The zero-order valence-electron chi connectivity index (χ0n) is 13.8. The van der Waals surface area contributed by atoms with Gasteiger partial charge in [0.25, 0.3) is 5.91 Å². The van der Waals surface area contributed by atoms with Crippen LogP contribution in [0.2, 0.25) is 0 Å². The predicted octanol–water partition coefficient (Wildman–Crippen LogP) is 1.40. The fourth-order valence-corrected chi connectivity index (χ4v) is 4.45. The number of aliphatic carboxylic acids is 1. The second-order valence-electron chi connectivity index (χ2n) is 6.00. The molecule has 138 valence electrons. The van der Waals surface area contributed by atoms with Crippen LogP contribution in [0.3, 0.4) is 0 Å². The molecule has 0 saturated carbocycles. The molecule has 7 nitrogen and oxygen atoms in total. The largest absolute Gasteiger partial charge is 0.480 e. The molecule has 0 radical (unpaired) electrons. The van der Waals surface area contributed by atoms with Crippen molar-refractivity contribution in [3.63, 3.8) is 0 Å². The minimum atomic E-state index is -3.65. The molecule has 1 amide bonds. The number of carbonyl (C=O) groups is 2. The highest BCUT2D eigenvalue weighted by molar-refractivity contribution is 7.89. The van der Waals surface area contributed by atoms with E-state index in [1.54, 1.807) is 0 Å². The topological polar surface area (TPSA) is 104 Å². The van der Waals surface area contributed by atoms with Gasteiger partial charge in [0.15, 0.2) is 6.04 Å². The summed E-state index contributed by atoms with van der Waals surface area (Å²) in [6.07, 6.45) is 2.61. The van der Waals surface area contributed by atoms with Gasteiger partial charge in [-0.25, -0.2) is 17.6 Å². The van der Waals surface area contributed by atoms with E-state index in [1.165, 1.54) is 28.6 Å². The third-order valence-electron chi connectivity index (χ3n) is 4.22. The van der Waals surface area contributed by atoms with Crippen molar-refractivity contribution >= 4 is 21.9 Å². The van der Waals surface area contributed by atoms with Crippen molar-refractivity contribution in [2.75, 3.05) is 13.2 Å². The molecule has 1 aliphatic heterocycles. The van der Waals surface area contributed by atoms with Gasteiger partial charge in [0.1, 0.15) is 6.67 Å². The van der Waals surface area contributed by atoms with Gasteiger partial charge in [-0.05, 0) is 44.0 Å². The Bertz CT molecular complexity index is 735. The van der Waals surface area contributed by atoms with Gasteiger partial charge < -0.3 is 10.4 Å². The molecule has 2 atom stereocenters. The minimum absolute atomic E-state index is 0.0605. The number of carboxylic acids is 1. The molecule has 0 spiro atoms. The Morgan fingerprint density at radius 1 is 1.32 bits per heavy atom. The van der Waals surface area contributed by atoms with E-state index in [0.29, 0.717) is 6.54 Å². The second kappa shape index (κ2) is 7.92. The van der Waals surface area contributed by atoms with E-state index < -0.39 is 34.6 Å². The van der Waals surface area contributed by atoms with E-state index in [1.807, 2.05) is 12.2 Å². The first kappa shape index (κ1) is 19.3. The maximum atomic E-state index is 12.7. The van der Waals surface area contributed by atoms with E-state index >= 15 is 0 Å². The molecule has 0 bridgehead atoms. The van der Waals surface area contributed by atoms with Crippen LogP contribution in [0.5, 0.6) is 0 Å². The molecule has 2 N–H and O–H groups in total. The lowest BCUT2D eigenvalue weighted by Gasteiger charge is -2.32. The van der Waals surface area contributed by atoms with E-state index in [0.717, 1.165) is 19.3 Å². The number of carbonyl (C=O) groups excluding carboxylic acids is 1. The van der Waals surface area contributed by atoms with Crippen molar-refractivity contribution in [1.82, 2.24) is 9.62 Å². The molecule has 1 aromatic rings. The number of hydrogen-bond donors (Lipinski definition) is 2. The number of nitrogens with zero attached hydrogens (tertiary/aromatic N) is 1. The van der Waals surface area contributed by atoms with Crippen LogP contribution >= 0.6 is 0 Å². The average Bonchev–Trinajstić information content (AvgIpc) is 2.59. The number of halogens is 1. The highest BCUT2D eigenvalue weighted by Crippen LogP contribution is 2.25. The predicted molar refractivity (Wildman–Crippen MR) is 88.5 cm³/mol. The summed E-state index contributed by atoms with van der Waals surface area (Å²) < 4.78 is 39.4. The standard InChI is InChI=1S/C16H21FN2O5S/c1-11-4-2-3-9-19(11)25(23,24)13-7-5-12(6-8-13)15(20)18-14(10-17)16(21)22/h5-8,11,14H,2-4,9-10H2,1H3,(H,18,20)(H,21,22). The van der Waals surface area contributed by atoms with Crippen LogP contribution in [-0.4, -0.2) is 55.0 Å². The second-order valence-corrected chi connectivity index (χ2v) is 7.89. The highest BCUT2D eigenvalue weighted by Gasteiger charge is 2.31. The third kappa shape index (κ3) is 4.35. The first-order valence-electron chi connectivity index (χ1n) is 7.99. The quantitative estimate of drug-likeness (QED) is 0.786. The normalized spacial score (nSPS) is 20.0. The van der Waals surface area contributed by atoms with Crippen molar-refractivity contribution in [2.45, 2.75) is 43.2 Å². The summed E-state index contributed by atoms with van der Waals surface area (Å²) >= 11 is 0. The number of benzene rings is 1. The van der Waals surface area contributed by atoms with Crippen LogP contribution in [0.1, 0.15) is 36.5 Å². The number of carboxylic acid groups (broad SMARTS) is 1. The Balaban J connectivity index is 2.16. The number of amides is 1. The van der Waals surface area contributed by atoms with Crippen LogP contribution in [0, 0.1) is 0 Å². The number of rotatable bonds is 6. The molecular formula is C16H21FN2O5S. The Morgan fingerprint density at radius 3 is 2.48 bits per heavy atom. The van der Waals surface area contributed by atoms with Crippen molar-refractivity contribution in [1.29, 1.82) is 0 Å². The lowest BCUT2D eigenvalue weighted by molar-refractivity contribution is -0.139. The van der Waals surface area contributed by atoms with E-state index in [2.05, 4.69) is 0 Å². The Kier molecular flexibility index (Phi) is 6.12. The van der Waals surface area contributed by atoms with Gasteiger partial charge in [0.2, 0.25) is 10.0 Å². The number of nitrogens with one attached hydrogen (secondary N) is 1. The monoisotopic (exact) mass is 372 g/mol. The summed E-state index contributed by atoms with van der Waals surface area (Å²) in [5.74, 6) is -2.26. The van der Waals surface area contributed by atoms with Crippen LogP contribution < -0.4 is 5.32 Å². The molecule has 0 aliphatic carbocycles. The van der Waals surface area contributed by atoms with Gasteiger partial charge in [-0.2, -0.15) is 4.31 Å². The maximum Gasteiger partial charge on any atom is 0.328 e. The van der Waals surface area contributed by atoms with Gasteiger partial charge in [-0.3, -0.25) is 4.79 Å². The number of hydrogen-bond acceptors (Lipinski definition) is 4. The summed E-state index contributed by atoms with van der Waals surface area (Å²) in [5, 5.41) is 10.8. The Hall–Kier alpha value is -2.00. The van der Waals surface area contributed by atoms with Crippen LogP contribution in [-0.2, 0) is 14.8 Å². The van der Waals surface area contributed by atoms with Gasteiger partial charge in [-0.15, -0.1) is 0 Å². The maximum absolute atomic E-state index is 12.7. The molecule has 1 aromatic carbocycles. The SMILES string of the molecule is CC1CCCCN1S(=O)(=O)c1ccc(C(=O)NC(CF)C(=O)O)cc1. The fourth-order valence-electron chi connectivity index (χ4n) is 2.75. The zero-order valence-corrected chi connectivity index (χ0v) is 14.6. The van der Waals surface area contributed by atoms with Gasteiger partial charge in [0, 0.05) is 18.2 Å². The molecule has 1 heterocycles. The summed E-state index contributed by atoms with van der Waals surface area (Å²) in [6.45, 7) is 1.09. The van der Waals surface area contributed by atoms with Crippen molar-refractivity contribution in [3.05, 3.63) is 29.8 Å². The molecule has 25 heavy (non-hydrogen) atoms. The Morgan fingerprint density at radius 2 is 1.96 bits per heavy atom. The number of alkyl halides is 1. The summed E-state index contributed by atoms with van der Waals surface area (Å²) in [6, 6.07) is 3.46. The molecule has 1 saturated heterocycles. The first-order valence-corrected chi connectivity index (χ1v) is 9.43. The van der Waals surface area contributed by atoms with E-state index in [9.17, 15) is 22.4 Å². The molecule has 1 aliphatic rings. The van der Waals surface area contributed by atoms with E-state index in [4.69, 9.17) is 5.11 Å². The zero-order chi connectivity index (χ0) is 18.6. The molecule has 0 aromatic heterocycles. The molecule has 1 fully saturated rings. The number of sulfonamides is 1. The smallest absolute Gasteiger partial charge is 0.328 e. The first-order chi connectivity index (χ1) is 11.8. The molecule has 2 unspecified atom stereocenters. The van der Waals surface area contributed by atoms with Crippen LogP contribution in [0.15, 0.2) is 29.2 Å². The van der Waals surface area contributed by atoms with Crippen molar-refractivity contribution in [3.8, 4) is 0 Å². The van der Waals surface area contributed by atoms with Crippen molar-refractivity contribution in [2.24, 2.45) is 0 Å². The Labute approximate surface area is 145 Å². The molecular weight excluding hydrogens is 351 g/mol. The summed E-state index contributed by atoms with van der Waals surface area (Å²) in [4.78, 5) is 22.7. The third-order valence-corrected chi connectivity index (χ3v) is 6.25. The summed E-state index contributed by atoms with van der Waals surface area (Å²) in [7, 11) is -3.65. The molecule has 2 rings (SSSR count). The van der Waals surface area contributed by atoms with Gasteiger partial charge in [-0.1, -0.05) is 6.42 Å². The molecule has 9 heteroatoms. The van der Waals surface area contributed by atoms with Crippen molar-refractivity contribution < 1.29 is 27.5 Å². The lowest BCUT2D eigenvalue weighted by atomic mass is 10.1. The fraction of sp³-hybridized carbons (Fsp3) is 0.500.